The predicted octanol–water partition coefficient (Wildman–Crippen LogP) is 4.81. The van der Waals surface area contributed by atoms with Gasteiger partial charge in [0, 0.05) is 9.86 Å². The maximum atomic E-state index is 12.7. The molecule has 1 aromatic heterocycles. The minimum Gasteiger partial charge on any atom is -0.493 e. The summed E-state index contributed by atoms with van der Waals surface area (Å²) in [5.41, 5.74) is 1.78. The summed E-state index contributed by atoms with van der Waals surface area (Å²) < 4.78 is 25.0. The van der Waals surface area contributed by atoms with Gasteiger partial charge in [0.05, 0.1) is 21.8 Å². The van der Waals surface area contributed by atoms with Crippen molar-refractivity contribution < 1.29 is 18.3 Å². The molecule has 0 fully saturated rings. The van der Waals surface area contributed by atoms with E-state index < -0.39 is 10.0 Å². The van der Waals surface area contributed by atoms with Crippen LogP contribution in [0.4, 0.5) is 17.1 Å². The van der Waals surface area contributed by atoms with Gasteiger partial charge in [0.2, 0.25) is 21.8 Å². The van der Waals surface area contributed by atoms with E-state index in [1.807, 2.05) is 12.1 Å². The zero-order chi connectivity index (χ0) is 23.6. The molecule has 0 aliphatic carbocycles. The Labute approximate surface area is 197 Å². The van der Waals surface area contributed by atoms with Gasteiger partial charge < -0.3 is 15.0 Å². The lowest BCUT2D eigenvalue weighted by Gasteiger charge is -2.09. The lowest BCUT2D eigenvalue weighted by molar-refractivity contribution is -0.116. The van der Waals surface area contributed by atoms with Gasteiger partial charge in [0.25, 0.3) is 0 Å². The molecule has 0 bridgehead atoms. The molecule has 0 saturated carbocycles. The minimum absolute atomic E-state index is 0.0445. The number of halogens is 1. The Bertz CT molecular complexity index is 1480. The van der Waals surface area contributed by atoms with Crippen molar-refractivity contribution in [2.45, 2.75) is 11.4 Å². The van der Waals surface area contributed by atoms with Crippen molar-refractivity contribution >= 4 is 59.8 Å². The van der Waals surface area contributed by atoms with Gasteiger partial charge in [-0.1, -0.05) is 30.3 Å². The molecule has 4 N–H and O–H groups in total. The number of rotatable bonds is 6. The largest absolute Gasteiger partial charge is 0.493 e. The standard InChI is InChI=1S/C22H18BrN5O4S/c23-17-6-2-3-7-18(17)25-20(29)13-28-19-8-4-1-5-16(19)21(22(28)30)27-26-14-9-11-15(12-10-14)33(24,31)32/h1-12,30H,13H2,(H,25,29)(H2,24,31,32). The van der Waals surface area contributed by atoms with Crippen LogP contribution in [-0.2, 0) is 21.4 Å². The van der Waals surface area contributed by atoms with E-state index >= 15 is 0 Å². The van der Waals surface area contributed by atoms with Gasteiger partial charge in [-0.2, -0.15) is 5.11 Å². The van der Waals surface area contributed by atoms with Crippen LogP contribution in [0, 0.1) is 0 Å². The van der Waals surface area contributed by atoms with E-state index in [9.17, 15) is 18.3 Å². The van der Waals surface area contributed by atoms with Crippen LogP contribution >= 0.6 is 15.9 Å². The molecule has 33 heavy (non-hydrogen) atoms. The molecule has 0 spiro atoms. The Morgan fingerprint density at radius 3 is 2.36 bits per heavy atom. The molecular formula is C22H18BrN5O4S. The molecule has 168 valence electrons. The number of anilines is 1. The molecular weight excluding hydrogens is 510 g/mol. The van der Waals surface area contributed by atoms with Crippen molar-refractivity contribution in [2.75, 3.05) is 5.32 Å². The van der Waals surface area contributed by atoms with Gasteiger partial charge in [0.1, 0.15) is 6.54 Å². The molecule has 9 nitrogen and oxygen atoms in total. The topological polar surface area (TPSA) is 139 Å². The van der Waals surface area contributed by atoms with E-state index in [0.717, 1.165) is 4.47 Å². The SMILES string of the molecule is NS(=O)(=O)c1ccc(N=Nc2c(O)n(CC(=O)Nc3ccccc3Br)c3ccccc23)cc1. The van der Waals surface area contributed by atoms with Crippen LogP contribution in [0.1, 0.15) is 0 Å². The van der Waals surface area contributed by atoms with Gasteiger partial charge in [-0.15, -0.1) is 5.11 Å². The normalized spacial score (nSPS) is 11.8. The average Bonchev–Trinajstić information content (AvgIpc) is 3.04. The molecule has 0 aliphatic rings. The van der Waals surface area contributed by atoms with Crippen LogP contribution in [0.3, 0.4) is 0 Å². The molecule has 0 atom stereocenters. The van der Waals surface area contributed by atoms with Crippen molar-refractivity contribution in [3.8, 4) is 5.88 Å². The third-order valence-corrected chi connectivity index (χ3v) is 6.42. The number of nitrogens with two attached hydrogens (primary N) is 1. The molecule has 11 heteroatoms. The summed E-state index contributed by atoms with van der Waals surface area (Å²) in [5, 5.41) is 27.6. The minimum atomic E-state index is -3.81. The molecule has 1 amide bonds. The smallest absolute Gasteiger partial charge is 0.244 e. The third-order valence-electron chi connectivity index (χ3n) is 4.80. The van der Waals surface area contributed by atoms with E-state index in [-0.39, 0.29) is 28.9 Å². The maximum Gasteiger partial charge on any atom is 0.244 e. The monoisotopic (exact) mass is 527 g/mol. The van der Waals surface area contributed by atoms with E-state index in [1.165, 1.54) is 28.8 Å². The highest BCUT2D eigenvalue weighted by Crippen LogP contribution is 2.39. The number of benzene rings is 3. The zero-order valence-electron chi connectivity index (χ0n) is 17.0. The number of carbonyl (C=O) groups is 1. The van der Waals surface area contributed by atoms with Gasteiger partial charge in [-0.3, -0.25) is 4.79 Å². The number of nitrogens with one attached hydrogen (secondary N) is 1. The Hall–Kier alpha value is -3.54. The highest BCUT2D eigenvalue weighted by molar-refractivity contribution is 9.10. The summed E-state index contributed by atoms with van der Waals surface area (Å²) >= 11 is 3.39. The number of azo groups is 1. The number of primary sulfonamides is 1. The second kappa shape index (κ2) is 9.14. The summed E-state index contributed by atoms with van der Waals surface area (Å²) in [7, 11) is -3.81. The molecule has 0 radical (unpaired) electrons. The second-order valence-electron chi connectivity index (χ2n) is 7.04. The molecule has 0 saturated heterocycles. The second-order valence-corrected chi connectivity index (χ2v) is 9.46. The molecule has 0 aliphatic heterocycles. The Morgan fingerprint density at radius 2 is 1.67 bits per heavy atom. The number of carbonyl (C=O) groups excluding carboxylic acids is 1. The summed E-state index contributed by atoms with van der Waals surface area (Å²) in [5.74, 6) is -0.552. The number of sulfonamides is 1. The Balaban J connectivity index is 1.64. The summed E-state index contributed by atoms with van der Waals surface area (Å²) in [4.78, 5) is 12.6. The summed E-state index contributed by atoms with van der Waals surface area (Å²) in [6.45, 7) is -0.147. The fraction of sp³-hybridized carbons (Fsp3) is 0.0455. The van der Waals surface area contributed by atoms with Crippen molar-refractivity contribution in [3.05, 3.63) is 77.3 Å². The first-order valence-electron chi connectivity index (χ1n) is 9.63. The molecule has 3 aromatic carbocycles. The quantitative estimate of drug-likeness (QED) is 0.309. The summed E-state index contributed by atoms with van der Waals surface area (Å²) in [6, 6.07) is 19.8. The molecule has 0 unspecified atom stereocenters. The maximum absolute atomic E-state index is 12.7. The van der Waals surface area contributed by atoms with Crippen molar-refractivity contribution in [3.63, 3.8) is 0 Å². The number of para-hydroxylation sites is 2. The molecule has 4 aromatic rings. The Morgan fingerprint density at radius 1 is 1.00 bits per heavy atom. The van der Waals surface area contributed by atoms with Gasteiger partial charge >= 0.3 is 0 Å². The number of amides is 1. The number of fused-ring (bicyclic) bond motifs is 1. The predicted molar refractivity (Wildman–Crippen MR) is 128 cm³/mol. The number of aromatic hydroxyl groups is 1. The van der Waals surface area contributed by atoms with E-state index in [4.69, 9.17) is 5.14 Å². The van der Waals surface area contributed by atoms with Crippen molar-refractivity contribution in [1.29, 1.82) is 0 Å². The lowest BCUT2D eigenvalue weighted by Crippen LogP contribution is -2.18. The highest BCUT2D eigenvalue weighted by atomic mass is 79.9. The first-order valence-corrected chi connectivity index (χ1v) is 12.0. The Kier molecular flexibility index (Phi) is 6.27. The molecule has 4 rings (SSSR count). The first-order chi connectivity index (χ1) is 15.7. The average molecular weight is 528 g/mol. The van der Waals surface area contributed by atoms with Crippen LogP contribution in [0.2, 0.25) is 0 Å². The van der Waals surface area contributed by atoms with Gasteiger partial charge in [-0.05, 0) is 58.4 Å². The first kappa shape index (κ1) is 22.6. The number of nitrogens with zero attached hydrogens (tertiary/aromatic N) is 3. The van der Waals surface area contributed by atoms with Crippen LogP contribution in [0.5, 0.6) is 5.88 Å². The van der Waals surface area contributed by atoms with Crippen LogP contribution in [0.25, 0.3) is 10.9 Å². The molecule has 1 heterocycles. The third kappa shape index (κ3) is 4.95. The zero-order valence-corrected chi connectivity index (χ0v) is 19.4. The fourth-order valence-corrected chi connectivity index (χ4v) is 4.14. The van der Waals surface area contributed by atoms with Crippen LogP contribution in [0.15, 0.2) is 92.4 Å². The van der Waals surface area contributed by atoms with E-state index in [2.05, 4.69) is 31.5 Å². The number of hydrogen-bond acceptors (Lipinski definition) is 6. The van der Waals surface area contributed by atoms with E-state index in [0.29, 0.717) is 22.3 Å². The van der Waals surface area contributed by atoms with E-state index in [1.54, 1.807) is 36.4 Å². The van der Waals surface area contributed by atoms with Crippen LogP contribution < -0.4 is 10.5 Å². The van der Waals surface area contributed by atoms with Crippen molar-refractivity contribution in [2.24, 2.45) is 15.4 Å². The van der Waals surface area contributed by atoms with Crippen molar-refractivity contribution in [1.82, 2.24) is 4.57 Å². The highest BCUT2D eigenvalue weighted by Gasteiger charge is 2.19. The van der Waals surface area contributed by atoms with Gasteiger partial charge in [0.15, 0.2) is 5.69 Å². The number of hydrogen-bond donors (Lipinski definition) is 3. The fourth-order valence-electron chi connectivity index (χ4n) is 3.24. The summed E-state index contributed by atoms with van der Waals surface area (Å²) in [6.07, 6.45) is 0. The van der Waals surface area contributed by atoms with Crippen LogP contribution in [-0.4, -0.2) is 24.0 Å². The lowest BCUT2D eigenvalue weighted by atomic mass is 10.2. The van der Waals surface area contributed by atoms with Gasteiger partial charge in [-0.25, -0.2) is 13.6 Å². The number of aromatic nitrogens is 1.